The topological polar surface area (TPSA) is 191 Å². The number of aromatic amines is 1. The molecule has 1 spiro atoms. The SMILES string of the molecule is CC(C)[C@H]1NC(=O)[C@H](C)N(C)C(=O)[C@H]([C@@H](C)O)NC(=O)COc2cccc(c2)CC2(CCN(C(=O)c3cc(-c4cccn4C)n[nH]3)CC2)CNC1=O. The molecule has 0 saturated carbocycles. The molecular weight excluding hydrogens is 668 g/mol. The molecule has 1 saturated heterocycles. The summed E-state index contributed by atoms with van der Waals surface area (Å²) in [5.74, 6) is -2.22. The van der Waals surface area contributed by atoms with Gasteiger partial charge < -0.3 is 40.2 Å². The van der Waals surface area contributed by atoms with Gasteiger partial charge in [-0.2, -0.15) is 5.10 Å². The molecule has 2 aromatic heterocycles. The number of likely N-dealkylation sites (tertiary alicyclic amines) is 1. The second kappa shape index (κ2) is 16.0. The van der Waals surface area contributed by atoms with Crippen LogP contribution in [0.3, 0.4) is 0 Å². The van der Waals surface area contributed by atoms with Gasteiger partial charge in [-0.1, -0.05) is 26.0 Å². The lowest BCUT2D eigenvalue weighted by Gasteiger charge is -2.42. The van der Waals surface area contributed by atoms with Gasteiger partial charge in [0, 0.05) is 39.9 Å². The number of amides is 5. The van der Waals surface area contributed by atoms with Gasteiger partial charge in [-0.25, -0.2) is 0 Å². The minimum atomic E-state index is -1.33. The van der Waals surface area contributed by atoms with Crippen LogP contribution < -0.4 is 20.7 Å². The maximum absolute atomic E-state index is 13.8. The Hall–Kier alpha value is -5.18. The maximum Gasteiger partial charge on any atom is 0.271 e. The minimum Gasteiger partial charge on any atom is -0.484 e. The van der Waals surface area contributed by atoms with Gasteiger partial charge in [0.25, 0.3) is 11.8 Å². The molecule has 1 aromatic carbocycles. The fraction of sp³-hybridized carbons (Fsp3) is 0.514. The van der Waals surface area contributed by atoms with Crippen LogP contribution in [0.1, 0.15) is 56.6 Å². The third-order valence-corrected chi connectivity index (χ3v) is 10.2. The molecule has 0 unspecified atom stereocenters. The van der Waals surface area contributed by atoms with E-state index in [-0.39, 0.29) is 24.3 Å². The van der Waals surface area contributed by atoms with Crippen LogP contribution in [0.5, 0.6) is 5.75 Å². The molecule has 5 N–H and O–H groups in total. The number of carbonyl (C=O) groups is 5. The average Bonchev–Trinajstić information content (AvgIpc) is 3.78. The predicted octanol–water partition coefficient (Wildman–Crippen LogP) is 1.24. The largest absolute Gasteiger partial charge is 0.484 e. The van der Waals surface area contributed by atoms with Crippen molar-refractivity contribution in [1.29, 1.82) is 0 Å². The monoisotopic (exact) mass is 718 g/mol. The van der Waals surface area contributed by atoms with Crippen molar-refractivity contribution in [2.75, 3.05) is 33.3 Å². The summed E-state index contributed by atoms with van der Waals surface area (Å²) < 4.78 is 7.74. The van der Waals surface area contributed by atoms with Crippen molar-refractivity contribution in [1.82, 2.24) is 40.5 Å². The molecule has 2 aliphatic rings. The number of rotatable bonds is 4. The van der Waals surface area contributed by atoms with E-state index < -0.39 is 54.0 Å². The predicted molar refractivity (Wildman–Crippen MR) is 192 cm³/mol. The molecule has 15 heteroatoms. The first kappa shape index (κ1) is 38.1. The molecule has 52 heavy (non-hydrogen) atoms. The van der Waals surface area contributed by atoms with Crippen molar-refractivity contribution in [3.05, 3.63) is 59.9 Å². The van der Waals surface area contributed by atoms with Gasteiger partial charge in [-0.15, -0.1) is 0 Å². The number of nitrogens with one attached hydrogen (secondary N) is 4. The summed E-state index contributed by atoms with van der Waals surface area (Å²) in [5, 5.41) is 26.1. The standard InChI is InChI=1S/C37H50N8O7/c1-22(2)31-34(49)38-21-37(12-15-45(16-13-37)35(50)28-18-27(41-42-28)29-11-8-14-43(29)5)19-25-9-7-10-26(17-25)52-20-30(47)39-32(24(4)46)36(51)44(6)23(3)33(48)40-31/h7-11,14,17-18,22-24,31-32,46H,12-13,15-16,19-21H2,1-6H3,(H,38,49)(H,39,47)(H,40,48)(H,41,42)/t23-,24+,31+,32-/m0/s1. The van der Waals surface area contributed by atoms with Crippen molar-refractivity contribution >= 4 is 29.5 Å². The van der Waals surface area contributed by atoms with E-state index in [2.05, 4.69) is 26.1 Å². The first-order valence-electron chi connectivity index (χ1n) is 17.7. The summed E-state index contributed by atoms with van der Waals surface area (Å²) in [7, 11) is 3.32. The number of aryl methyl sites for hydroxylation is 1. The zero-order valence-electron chi connectivity index (χ0n) is 30.6. The molecule has 2 aliphatic heterocycles. The van der Waals surface area contributed by atoms with Crippen LogP contribution in [0.2, 0.25) is 0 Å². The van der Waals surface area contributed by atoms with E-state index in [9.17, 15) is 29.1 Å². The van der Waals surface area contributed by atoms with Gasteiger partial charge in [-0.3, -0.25) is 29.1 Å². The maximum atomic E-state index is 13.8. The lowest BCUT2D eigenvalue weighted by molar-refractivity contribution is -0.144. The highest BCUT2D eigenvalue weighted by Gasteiger charge is 2.39. The molecule has 1 fully saturated rings. The van der Waals surface area contributed by atoms with E-state index in [4.69, 9.17) is 4.74 Å². The average molecular weight is 719 g/mol. The van der Waals surface area contributed by atoms with Gasteiger partial charge in [0.15, 0.2) is 6.61 Å². The third-order valence-electron chi connectivity index (χ3n) is 10.2. The smallest absolute Gasteiger partial charge is 0.271 e. The Morgan fingerprint density at radius 1 is 0.981 bits per heavy atom. The molecule has 15 nitrogen and oxygen atoms in total. The summed E-state index contributed by atoms with van der Waals surface area (Å²) in [6, 6.07) is 9.68. The van der Waals surface area contributed by atoms with Crippen molar-refractivity contribution in [3.63, 3.8) is 0 Å². The number of aromatic nitrogens is 3. The lowest BCUT2D eigenvalue weighted by atomic mass is 9.73. The number of piperidine rings is 1. The molecular formula is C37H50N8O7. The molecule has 4 atom stereocenters. The highest BCUT2D eigenvalue weighted by molar-refractivity contribution is 5.95. The summed E-state index contributed by atoms with van der Waals surface area (Å²) >= 11 is 0. The van der Waals surface area contributed by atoms with E-state index in [0.29, 0.717) is 49.5 Å². The van der Waals surface area contributed by atoms with Gasteiger partial charge in [0.05, 0.1) is 11.8 Å². The number of benzene rings is 1. The first-order valence-corrected chi connectivity index (χ1v) is 17.7. The molecule has 5 rings (SSSR count). The normalized spacial score (nSPS) is 22.8. The summed E-state index contributed by atoms with van der Waals surface area (Å²) in [6.07, 6.45) is 2.35. The fourth-order valence-electron chi connectivity index (χ4n) is 6.77. The van der Waals surface area contributed by atoms with Crippen molar-refractivity contribution < 1.29 is 33.8 Å². The van der Waals surface area contributed by atoms with Gasteiger partial charge in [0.2, 0.25) is 17.7 Å². The Bertz CT molecular complexity index is 1770. The van der Waals surface area contributed by atoms with Crippen molar-refractivity contribution in [2.24, 2.45) is 18.4 Å². The number of hydrogen-bond acceptors (Lipinski definition) is 8. The lowest BCUT2D eigenvalue weighted by Crippen LogP contribution is -2.59. The van der Waals surface area contributed by atoms with Crippen LogP contribution in [0.4, 0.5) is 0 Å². The number of aliphatic hydroxyl groups is 1. The van der Waals surface area contributed by atoms with E-state index in [1.165, 1.54) is 20.9 Å². The van der Waals surface area contributed by atoms with Crippen LogP contribution in [0.25, 0.3) is 11.4 Å². The molecule has 0 aliphatic carbocycles. The Morgan fingerprint density at radius 2 is 1.71 bits per heavy atom. The number of carbonyl (C=O) groups excluding carboxylic acids is 5. The van der Waals surface area contributed by atoms with Gasteiger partial charge in [-0.05, 0) is 80.3 Å². The van der Waals surface area contributed by atoms with Crippen molar-refractivity contribution in [2.45, 2.75) is 71.2 Å². The summed E-state index contributed by atoms with van der Waals surface area (Å²) in [4.78, 5) is 70.0. The number of aliphatic hydroxyl groups excluding tert-OH is 1. The Labute approximate surface area is 303 Å². The van der Waals surface area contributed by atoms with Gasteiger partial charge >= 0.3 is 0 Å². The Balaban J connectivity index is 1.39. The molecule has 2 bridgehead atoms. The van der Waals surface area contributed by atoms with Crippen LogP contribution in [-0.2, 0) is 32.6 Å². The van der Waals surface area contributed by atoms with E-state index >= 15 is 0 Å². The highest BCUT2D eigenvalue weighted by Crippen LogP contribution is 2.36. The number of likely N-dealkylation sites (N-methyl/N-ethyl adjacent to an activating group) is 1. The zero-order chi connectivity index (χ0) is 37.7. The molecule has 5 amide bonds. The highest BCUT2D eigenvalue weighted by atomic mass is 16.5. The second-order valence-corrected chi connectivity index (χ2v) is 14.4. The van der Waals surface area contributed by atoms with E-state index in [0.717, 1.165) is 16.2 Å². The minimum absolute atomic E-state index is 0.158. The molecule has 280 valence electrons. The Morgan fingerprint density at radius 3 is 2.37 bits per heavy atom. The van der Waals surface area contributed by atoms with Crippen LogP contribution in [0, 0.1) is 11.3 Å². The fourth-order valence-corrected chi connectivity index (χ4v) is 6.77. The Kier molecular flexibility index (Phi) is 11.7. The number of ether oxygens (including phenoxy) is 1. The van der Waals surface area contributed by atoms with Crippen molar-refractivity contribution in [3.8, 4) is 17.1 Å². The number of nitrogens with zero attached hydrogens (tertiary/aromatic N) is 4. The second-order valence-electron chi connectivity index (χ2n) is 14.4. The molecule has 0 radical (unpaired) electrons. The van der Waals surface area contributed by atoms with E-state index in [1.54, 1.807) is 17.0 Å². The van der Waals surface area contributed by atoms with Crippen LogP contribution in [0.15, 0.2) is 48.7 Å². The zero-order valence-corrected chi connectivity index (χ0v) is 30.6. The summed E-state index contributed by atoms with van der Waals surface area (Å²) in [6.45, 7) is 7.28. The number of H-pyrrole nitrogens is 1. The quantitative estimate of drug-likeness (QED) is 0.266. The van der Waals surface area contributed by atoms with E-state index in [1.807, 2.05) is 62.0 Å². The number of fused-ring (bicyclic) bond motifs is 2. The van der Waals surface area contributed by atoms with Crippen LogP contribution in [-0.4, -0.2) is 117 Å². The third kappa shape index (κ3) is 8.64. The number of hydrogen-bond donors (Lipinski definition) is 5. The molecule has 3 aromatic rings. The molecule has 4 heterocycles. The first-order chi connectivity index (χ1) is 24.7. The summed E-state index contributed by atoms with van der Waals surface area (Å²) in [5.41, 5.74) is 2.41. The van der Waals surface area contributed by atoms with Gasteiger partial charge in [0.1, 0.15) is 35.3 Å². The van der Waals surface area contributed by atoms with Crippen LogP contribution >= 0.6 is 0 Å².